The zero-order valence-electron chi connectivity index (χ0n) is 17.3. The van der Waals surface area contributed by atoms with Gasteiger partial charge in [-0.2, -0.15) is 0 Å². The molecule has 6 nitrogen and oxygen atoms in total. The zero-order valence-corrected chi connectivity index (χ0v) is 18.8. The number of thiazole rings is 1. The lowest BCUT2D eigenvalue weighted by Gasteiger charge is -2.08. The van der Waals surface area contributed by atoms with Crippen molar-refractivity contribution in [3.63, 3.8) is 0 Å². The lowest BCUT2D eigenvalue weighted by molar-refractivity contribution is 0.0978. The normalized spacial score (nSPS) is 11.6. The maximum Gasteiger partial charge on any atom is 0.209 e. The lowest BCUT2D eigenvalue weighted by atomic mass is 10.0. The molecule has 30 heavy (non-hydrogen) atoms. The summed E-state index contributed by atoms with van der Waals surface area (Å²) in [4.78, 5) is 24.0. The van der Waals surface area contributed by atoms with Gasteiger partial charge in [0.1, 0.15) is 0 Å². The minimum atomic E-state index is 0.166. The molecule has 2 heterocycles. The predicted molar refractivity (Wildman–Crippen MR) is 125 cm³/mol. The van der Waals surface area contributed by atoms with E-state index >= 15 is 0 Å². The molecule has 0 saturated heterocycles. The predicted octanol–water partition coefficient (Wildman–Crippen LogP) is 5.49. The van der Waals surface area contributed by atoms with Crippen LogP contribution in [0.1, 0.15) is 29.6 Å². The first-order chi connectivity index (χ1) is 14.4. The molecule has 8 heteroatoms. The third-order valence-corrected chi connectivity index (χ3v) is 6.20. The second-order valence-electron chi connectivity index (χ2n) is 7.64. The van der Waals surface area contributed by atoms with E-state index in [0.717, 1.165) is 45.8 Å². The van der Waals surface area contributed by atoms with Crippen LogP contribution in [0.15, 0.2) is 36.4 Å². The number of nitrogens with zero attached hydrogens (tertiary/aromatic N) is 4. The Morgan fingerprint density at radius 1 is 1.13 bits per heavy atom. The molecule has 0 aliphatic heterocycles. The van der Waals surface area contributed by atoms with Crippen molar-refractivity contribution in [1.29, 1.82) is 0 Å². The van der Waals surface area contributed by atoms with Crippen molar-refractivity contribution >= 4 is 61.1 Å². The molecule has 2 aromatic carbocycles. The number of rotatable bonds is 8. The van der Waals surface area contributed by atoms with Gasteiger partial charge < -0.3 is 14.8 Å². The van der Waals surface area contributed by atoms with Crippen molar-refractivity contribution in [1.82, 2.24) is 19.4 Å². The van der Waals surface area contributed by atoms with Crippen LogP contribution in [0, 0.1) is 0 Å². The maximum absolute atomic E-state index is 12.6. The minimum Gasteiger partial charge on any atom is -0.313 e. The summed E-state index contributed by atoms with van der Waals surface area (Å²) in [5, 5.41) is 4.74. The van der Waals surface area contributed by atoms with E-state index in [0.29, 0.717) is 23.0 Å². The highest BCUT2D eigenvalue weighted by atomic mass is 35.5. The Labute approximate surface area is 184 Å². The first-order valence-corrected chi connectivity index (χ1v) is 11.1. The van der Waals surface area contributed by atoms with Crippen molar-refractivity contribution in [3.8, 4) is 0 Å². The van der Waals surface area contributed by atoms with Gasteiger partial charge in [-0.1, -0.05) is 22.9 Å². The smallest absolute Gasteiger partial charge is 0.209 e. The number of Topliss-reactive ketones (excluding diaryl/α,β-unsaturated/α-hetero) is 1. The van der Waals surface area contributed by atoms with Crippen molar-refractivity contribution in [3.05, 3.63) is 47.0 Å². The molecule has 0 atom stereocenters. The molecular weight excluding hydrogens is 418 g/mol. The van der Waals surface area contributed by atoms with Crippen LogP contribution in [0.4, 0.5) is 11.1 Å². The van der Waals surface area contributed by atoms with Gasteiger partial charge in [0.2, 0.25) is 5.95 Å². The molecule has 0 amide bonds. The number of unbranched alkanes of at least 4 members (excludes halogenated alkanes) is 1. The first kappa shape index (κ1) is 20.8. The lowest BCUT2D eigenvalue weighted by Crippen LogP contribution is -2.13. The number of anilines is 2. The van der Waals surface area contributed by atoms with Crippen LogP contribution in [0.2, 0.25) is 5.02 Å². The Bertz CT molecular complexity index is 1210. The average Bonchev–Trinajstić information content (AvgIpc) is 3.24. The molecule has 0 saturated carbocycles. The molecule has 0 unspecified atom stereocenters. The fraction of sp³-hybridized carbons (Fsp3) is 0.318. The van der Waals surface area contributed by atoms with Gasteiger partial charge in [-0.3, -0.25) is 4.79 Å². The number of halogens is 1. The second-order valence-corrected chi connectivity index (χ2v) is 9.10. The molecular formula is C22H24ClN5OS. The number of benzene rings is 2. The number of imidazole rings is 1. The van der Waals surface area contributed by atoms with Crippen LogP contribution >= 0.6 is 22.9 Å². The van der Waals surface area contributed by atoms with Crippen molar-refractivity contribution in [2.45, 2.75) is 19.3 Å². The van der Waals surface area contributed by atoms with E-state index in [1.165, 1.54) is 11.3 Å². The van der Waals surface area contributed by atoms with Crippen LogP contribution in [-0.4, -0.2) is 45.9 Å². The number of aromatic nitrogens is 3. The van der Waals surface area contributed by atoms with Crippen LogP contribution < -0.4 is 5.32 Å². The Kier molecular flexibility index (Phi) is 6.04. The van der Waals surface area contributed by atoms with Gasteiger partial charge in [-0.25, -0.2) is 9.97 Å². The largest absolute Gasteiger partial charge is 0.313 e. The standard InChI is InChI=1S/C22H24ClN5OS/c1-27(2)11-5-4-6-19(29)14-7-10-18-17(12-14)24-21(28(18)3)26-22-25-16-9-8-15(23)13-20(16)30-22/h7-10,12-13H,4-6,11H2,1-3H3,(H,24,25,26). The van der Waals surface area contributed by atoms with Gasteiger partial charge in [0.05, 0.1) is 21.3 Å². The molecule has 156 valence electrons. The van der Waals surface area contributed by atoms with Gasteiger partial charge >= 0.3 is 0 Å². The number of fused-ring (bicyclic) bond motifs is 2. The van der Waals surface area contributed by atoms with E-state index < -0.39 is 0 Å². The third-order valence-electron chi connectivity index (χ3n) is 5.03. The van der Waals surface area contributed by atoms with E-state index in [4.69, 9.17) is 16.6 Å². The molecule has 0 fully saturated rings. The maximum atomic E-state index is 12.6. The highest BCUT2D eigenvalue weighted by Gasteiger charge is 2.13. The zero-order chi connectivity index (χ0) is 21.3. The molecule has 0 spiro atoms. The molecule has 4 aromatic rings. The topological polar surface area (TPSA) is 63.1 Å². The summed E-state index contributed by atoms with van der Waals surface area (Å²) in [6.45, 7) is 1.000. The monoisotopic (exact) mass is 441 g/mol. The van der Waals surface area contributed by atoms with E-state index in [-0.39, 0.29) is 5.78 Å². The number of ketones is 1. The molecule has 0 aliphatic rings. The fourth-order valence-electron chi connectivity index (χ4n) is 3.39. The summed E-state index contributed by atoms with van der Waals surface area (Å²) in [6.07, 6.45) is 2.48. The number of hydrogen-bond acceptors (Lipinski definition) is 6. The summed E-state index contributed by atoms with van der Waals surface area (Å²) < 4.78 is 2.99. The SMILES string of the molecule is CN(C)CCCCC(=O)c1ccc2c(c1)nc(Nc1nc3ccc(Cl)cc3s1)n2C. The molecule has 0 aliphatic carbocycles. The van der Waals surface area contributed by atoms with Gasteiger partial charge in [0, 0.05) is 24.1 Å². The van der Waals surface area contributed by atoms with E-state index in [2.05, 4.69) is 15.2 Å². The molecule has 2 aromatic heterocycles. The number of aryl methyl sites for hydroxylation is 1. The van der Waals surface area contributed by atoms with Crippen molar-refractivity contribution < 1.29 is 4.79 Å². The summed E-state index contributed by atoms with van der Waals surface area (Å²) in [7, 11) is 6.04. The summed E-state index contributed by atoms with van der Waals surface area (Å²) >= 11 is 7.60. The van der Waals surface area contributed by atoms with E-state index in [1.807, 2.05) is 62.1 Å². The summed E-state index contributed by atoms with van der Waals surface area (Å²) in [5.41, 5.74) is 3.37. The number of carbonyl (C=O) groups excluding carboxylic acids is 1. The molecule has 0 bridgehead atoms. The van der Waals surface area contributed by atoms with Crippen LogP contribution in [0.5, 0.6) is 0 Å². The van der Waals surface area contributed by atoms with Crippen molar-refractivity contribution in [2.75, 3.05) is 26.0 Å². The molecule has 0 radical (unpaired) electrons. The Morgan fingerprint density at radius 2 is 1.97 bits per heavy atom. The van der Waals surface area contributed by atoms with Gasteiger partial charge in [-0.15, -0.1) is 0 Å². The Morgan fingerprint density at radius 3 is 2.77 bits per heavy atom. The number of carbonyl (C=O) groups is 1. The highest BCUT2D eigenvalue weighted by Crippen LogP contribution is 2.31. The fourth-order valence-corrected chi connectivity index (χ4v) is 4.53. The van der Waals surface area contributed by atoms with E-state index in [9.17, 15) is 4.79 Å². The molecule has 4 rings (SSSR count). The van der Waals surface area contributed by atoms with Crippen LogP contribution in [-0.2, 0) is 7.05 Å². The Hall–Kier alpha value is -2.48. The summed E-state index contributed by atoms with van der Waals surface area (Å²) in [6, 6.07) is 11.4. The van der Waals surface area contributed by atoms with E-state index in [1.54, 1.807) is 0 Å². The third kappa shape index (κ3) is 4.48. The van der Waals surface area contributed by atoms with Gasteiger partial charge in [0.25, 0.3) is 0 Å². The summed E-state index contributed by atoms with van der Waals surface area (Å²) in [5.74, 6) is 0.851. The minimum absolute atomic E-state index is 0.166. The molecule has 1 N–H and O–H groups in total. The first-order valence-electron chi connectivity index (χ1n) is 9.88. The van der Waals surface area contributed by atoms with Gasteiger partial charge in [0.15, 0.2) is 10.9 Å². The number of nitrogens with one attached hydrogen (secondary N) is 1. The Balaban J connectivity index is 1.52. The number of hydrogen-bond donors (Lipinski definition) is 1. The second kappa shape index (κ2) is 8.71. The highest BCUT2D eigenvalue weighted by molar-refractivity contribution is 7.22. The van der Waals surface area contributed by atoms with Gasteiger partial charge in [-0.05, 0) is 69.9 Å². The quantitative estimate of drug-likeness (QED) is 0.289. The van der Waals surface area contributed by atoms with Crippen LogP contribution in [0.3, 0.4) is 0 Å². The van der Waals surface area contributed by atoms with Crippen LogP contribution in [0.25, 0.3) is 21.3 Å². The average molecular weight is 442 g/mol. The van der Waals surface area contributed by atoms with Crippen molar-refractivity contribution in [2.24, 2.45) is 7.05 Å².